The fourth-order valence-corrected chi connectivity index (χ4v) is 2.78. The van der Waals surface area contributed by atoms with Crippen LogP contribution >= 0.6 is 15.9 Å². The number of rotatable bonds is 3. The van der Waals surface area contributed by atoms with Crippen molar-refractivity contribution in [3.63, 3.8) is 0 Å². The van der Waals surface area contributed by atoms with Gasteiger partial charge in [0.1, 0.15) is 0 Å². The predicted molar refractivity (Wildman–Crippen MR) is 74.6 cm³/mol. The number of ether oxygens (including phenoxy) is 1. The average Bonchev–Trinajstić information content (AvgIpc) is 2.58. The van der Waals surface area contributed by atoms with Gasteiger partial charge in [0.2, 0.25) is 0 Å². The normalized spacial score (nSPS) is 16.9. The maximum absolute atomic E-state index is 5.48. The van der Waals surface area contributed by atoms with Crippen molar-refractivity contribution in [2.75, 3.05) is 38.3 Å². The van der Waals surface area contributed by atoms with E-state index in [9.17, 15) is 0 Å². The van der Waals surface area contributed by atoms with Gasteiger partial charge >= 0.3 is 0 Å². The molecule has 0 aromatic heterocycles. The number of nitrogens with zero attached hydrogens (tertiary/aromatic N) is 1. The quantitative estimate of drug-likeness (QED) is 0.927. The van der Waals surface area contributed by atoms with E-state index in [1.165, 1.54) is 15.7 Å². The summed E-state index contributed by atoms with van der Waals surface area (Å²) in [6.07, 6.45) is 1.10. The van der Waals surface area contributed by atoms with Crippen LogP contribution in [0.2, 0.25) is 0 Å². The molecule has 0 aliphatic carbocycles. The Hall–Kier alpha value is -0.580. The predicted octanol–water partition coefficient (Wildman–Crippen LogP) is 2.40. The molecule has 1 aliphatic heterocycles. The summed E-state index contributed by atoms with van der Waals surface area (Å²) in [5.74, 6) is 0. The number of hydrogen-bond donors (Lipinski definition) is 1. The van der Waals surface area contributed by atoms with E-state index in [0.29, 0.717) is 0 Å². The van der Waals surface area contributed by atoms with Crippen LogP contribution in [0.5, 0.6) is 0 Å². The summed E-state index contributed by atoms with van der Waals surface area (Å²) < 4.78 is 6.65. The van der Waals surface area contributed by atoms with Crippen LogP contribution in [0.1, 0.15) is 12.0 Å². The lowest BCUT2D eigenvalue weighted by molar-refractivity contribution is 0.152. The molecule has 1 saturated heterocycles. The van der Waals surface area contributed by atoms with Crippen LogP contribution in [0.15, 0.2) is 22.7 Å². The summed E-state index contributed by atoms with van der Waals surface area (Å²) in [6.45, 7) is 4.66. The molecule has 0 unspecified atom stereocenters. The summed E-state index contributed by atoms with van der Waals surface area (Å²) >= 11 is 3.67. The lowest BCUT2D eigenvalue weighted by Crippen LogP contribution is -2.26. The summed E-state index contributed by atoms with van der Waals surface area (Å²) in [7, 11) is 1.97. The summed E-state index contributed by atoms with van der Waals surface area (Å²) in [5, 5.41) is 3.17. The van der Waals surface area contributed by atoms with Crippen LogP contribution in [-0.4, -0.2) is 33.4 Å². The van der Waals surface area contributed by atoms with Crippen LogP contribution in [-0.2, 0) is 11.3 Å². The Labute approximate surface area is 111 Å². The van der Waals surface area contributed by atoms with Gasteiger partial charge in [-0.2, -0.15) is 0 Å². The monoisotopic (exact) mass is 298 g/mol. The molecule has 94 valence electrons. The Balaban J connectivity index is 2.14. The van der Waals surface area contributed by atoms with E-state index in [1.54, 1.807) is 0 Å². The second kappa shape index (κ2) is 6.38. The number of anilines is 1. The maximum Gasteiger partial charge on any atom is 0.0641 e. The molecule has 17 heavy (non-hydrogen) atoms. The highest BCUT2D eigenvalue weighted by molar-refractivity contribution is 9.10. The molecule has 2 rings (SSSR count). The number of hydrogen-bond acceptors (Lipinski definition) is 3. The van der Waals surface area contributed by atoms with Crippen molar-refractivity contribution in [2.24, 2.45) is 0 Å². The second-order valence-corrected chi connectivity index (χ2v) is 5.12. The Morgan fingerprint density at radius 3 is 3.00 bits per heavy atom. The molecule has 1 heterocycles. The number of nitrogens with one attached hydrogen (secondary N) is 1. The highest BCUT2D eigenvalue weighted by Crippen LogP contribution is 2.28. The smallest absolute Gasteiger partial charge is 0.0641 e. The van der Waals surface area contributed by atoms with E-state index < -0.39 is 0 Å². The van der Waals surface area contributed by atoms with Gasteiger partial charge in [-0.3, -0.25) is 0 Å². The maximum atomic E-state index is 5.48. The van der Waals surface area contributed by atoms with Gasteiger partial charge in [-0.15, -0.1) is 0 Å². The van der Waals surface area contributed by atoms with E-state index in [0.717, 1.165) is 39.3 Å². The lowest BCUT2D eigenvalue weighted by Gasteiger charge is -2.23. The molecular formula is C13H19BrN2O. The molecule has 1 fully saturated rings. The van der Waals surface area contributed by atoms with Crippen LogP contribution in [0, 0.1) is 0 Å². The minimum absolute atomic E-state index is 0.824. The molecule has 0 amide bonds. The van der Waals surface area contributed by atoms with Crippen LogP contribution in [0.25, 0.3) is 0 Å². The first-order valence-electron chi connectivity index (χ1n) is 6.07. The zero-order chi connectivity index (χ0) is 12.1. The van der Waals surface area contributed by atoms with Gasteiger partial charge in [-0.05, 0) is 47.1 Å². The number of halogens is 1. The van der Waals surface area contributed by atoms with Gasteiger partial charge in [0.15, 0.2) is 0 Å². The van der Waals surface area contributed by atoms with Gasteiger partial charge in [-0.1, -0.05) is 6.07 Å². The van der Waals surface area contributed by atoms with Gasteiger partial charge in [-0.25, -0.2) is 0 Å². The highest BCUT2D eigenvalue weighted by Gasteiger charge is 2.12. The second-order valence-electron chi connectivity index (χ2n) is 4.27. The lowest BCUT2D eigenvalue weighted by atomic mass is 10.2. The fraction of sp³-hybridized carbons (Fsp3) is 0.538. The van der Waals surface area contributed by atoms with Crippen molar-refractivity contribution in [3.8, 4) is 0 Å². The molecule has 1 aromatic rings. The standard InChI is InChI=1S/C13H19BrN2O/c1-15-10-11-3-4-13(12(14)9-11)16-5-2-7-17-8-6-16/h3-4,9,15H,2,5-8,10H2,1H3. The molecule has 4 heteroatoms. The minimum Gasteiger partial charge on any atom is -0.380 e. The fourth-order valence-electron chi connectivity index (χ4n) is 2.11. The molecule has 1 aromatic carbocycles. The molecule has 1 N–H and O–H groups in total. The van der Waals surface area contributed by atoms with Gasteiger partial charge in [0.25, 0.3) is 0 Å². The SMILES string of the molecule is CNCc1ccc(N2CCCOCC2)c(Br)c1. The first-order valence-corrected chi connectivity index (χ1v) is 6.86. The Kier molecular flexibility index (Phi) is 4.83. The molecule has 3 nitrogen and oxygen atoms in total. The average molecular weight is 299 g/mol. The molecule has 0 bridgehead atoms. The topological polar surface area (TPSA) is 24.5 Å². The first kappa shape index (κ1) is 12.9. The third kappa shape index (κ3) is 3.44. The zero-order valence-corrected chi connectivity index (χ0v) is 11.8. The Bertz CT molecular complexity index is 362. The summed E-state index contributed by atoms with van der Waals surface area (Å²) in [6, 6.07) is 6.57. The highest BCUT2D eigenvalue weighted by atomic mass is 79.9. The Morgan fingerprint density at radius 2 is 2.24 bits per heavy atom. The van der Waals surface area contributed by atoms with Crippen molar-refractivity contribution in [1.29, 1.82) is 0 Å². The van der Waals surface area contributed by atoms with Crippen LogP contribution in [0.3, 0.4) is 0 Å². The molecule has 0 radical (unpaired) electrons. The van der Waals surface area contributed by atoms with Crippen molar-refractivity contribution in [2.45, 2.75) is 13.0 Å². The van der Waals surface area contributed by atoms with Gasteiger partial charge in [0, 0.05) is 30.7 Å². The van der Waals surface area contributed by atoms with Crippen molar-refractivity contribution >= 4 is 21.6 Å². The molecule has 0 atom stereocenters. The van der Waals surface area contributed by atoms with Gasteiger partial charge in [0.05, 0.1) is 12.3 Å². The molecular weight excluding hydrogens is 280 g/mol. The van der Waals surface area contributed by atoms with Crippen LogP contribution < -0.4 is 10.2 Å². The van der Waals surface area contributed by atoms with E-state index in [1.807, 2.05) is 7.05 Å². The van der Waals surface area contributed by atoms with Gasteiger partial charge < -0.3 is 15.0 Å². The first-order chi connectivity index (χ1) is 8.31. The van der Waals surface area contributed by atoms with Crippen molar-refractivity contribution < 1.29 is 4.74 Å². The van der Waals surface area contributed by atoms with E-state index in [4.69, 9.17) is 4.74 Å². The molecule has 0 spiro atoms. The third-order valence-electron chi connectivity index (χ3n) is 2.96. The largest absolute Gasteiger partial charge is 0.380 e. The summed E-state index contributed by atoms with van der Waals surface area (Å²) in [4.78, 5) is 2.39. The molecule has 1 aliphatic rings. The van der Waals surface area contributed by atoms with Crippen molar-refractivity contribution in [1.82, 2.24) is 5.32 Å². The van der Waals surface area contributed by atoms with E-state index >= 15 is 0 Å². The third-order valence-corrected chi connectivity index (χ3v) is 3.59. The minimum atomic E-state index is 0.824. The zero-order valence-electron chi connectivity index (χ0n) is 10.2. The Morgan fingerprint density at radius 1 is 1.35 bits per heavy atom. The summed E-state index contributed by atoms with van der Waals surface area (Å²) in [5.41, 5.74) is 2.57. The number of benzene rings is 1. The van der Waals surface area contributed by atoms with E-state index in [2.05, 4.69) is 44.3 Å². The van der Waals surface area contributed by atoms with Crippen molar-refractivity contribution in [3.05, 3.63) is 28.2 Å². The van der Waals surface area contributed by atoms with Crippen LogP contribution in [0.4, 0.5) is 5.69 Å². The van der Waals surface area contributed by atoms with E-state index in [-0.39, 0.29) is 0 Å². The molecule has 0 saturated carbocycles.